The van der Waals surface area contributed by atoms with Crippen LogP contribution in [0.3, 0.4) is 0 Å². The molecule has 0 amide bonds. The quantitative estimate of drug-likeness (QED) is 0.470. The van der Waals surface area contributed by atoms with Crippen LogP contribution in [0.1, 0.15) is 0 Å². The molecule has 0 atom stereocenters. The van der Waals surface area contributed by atoms with Crippen LogP contribution in [0, 0.1) is 0 Å². The first-order valence-electron chi connectivity index (χ1n) is 0.408. The number of hydrogen-bond acceptors (Lipinski definition) is 2. The third kappa shape index (κ3) is 12.0. The summed E-state index contributed by atoms with van der Waals surface area (Å²) in [5.74, 6) is 0. The normalized spacial score (nSPS) is 3.00. The molecule has 0 aromatic rings. The maximum atomic E-state index is 8.40. The van der Waals surface area contributed by atoms with Crippen molar-refractivity contribution in [2.45, 2.75) is 0 Å². The Morgan fingerprint density at radius 3 is 1.25 bits per heavy atom. The molecule has 0 fully saturated rings. The first-order chi connectivity index (χ1) is 1.41. The van der Waals surface area contributed by atoms with Crippen molar-refractivity contribution < 1.29 is 41.8 Å². The van der Waals surface area contributed by atoms with E-state index in [0.29, 0.717) is 0 Å². The van der Waals surface area contributed by atoms with Crippen LogP contribution in [0.15, 0.2) is 0 Å². The van der Waals surface area contributed by atoms with Gasteiger partial charge in [-0.25, -0.2) is 9.13 Å². The van der Waals surface area contributed by atoms with E-state index in [9.17, 15) is 0 Å². The largest absolute Gasteiger partial charge is 0.303 e. The van der Waals surface area contributed by atoms with Crippen molar-refractivity contribution in [1.29, 1.82) is 0 Å². The van der Waals surface area contributed by atoms with Gasteiger partial charge in [-0.05, 0) is 0 Å². The van der Waals surface area contributed by atoms with E-state index in [2.05, 4.69) is 0 Å². The third-order valence-electron chi connectivity index (χ3n) is 0. The Kier molecular flexibility index (Phi) is 20.0. The van der Waals surface area contributed by atoms with Gasteiger partial charge in [0.25, 0.3) is 0 Å². The SMILES string of the molecule is O=[PH]=O.[Y]. The van der Waals surface area contributed by atoms with E-state index in [1.807, 2.05) is 0 Å². The van der Waals surface area contributed by atoms with Crippen LogP contribution in [-0.4, -0.2) is 0 Å². The molecule has 4 heteroatoms. The van der Waals surface area contributed by atoms with Gasteiger partial charge in [0.1, 0.15) is 0 Å². The molecule has 0 aromatic carbocycles. The Balaban J connectivity index is 0. The van der Waals surface area contributed by atoms with Crippen LogP contribution in [0.2, 0.25) is 0 Å². The molecule has 1 radical (unpaired) electrons. The molecular weight excluding hydrogens is 152 g/mol. The smallest absolute Gasteiger partial charge is 0.241 e. The van der Waals surface area contributed by atoms with Crippen molar-refractivity contribution >= 4 is 8.34 Å². The molecule has 0 saturated heterocycles. The minimum Gasteiger partial charge on any atom is -0.241 e. The second kappa shape index (κ2) is 9.00. The van der Waals surface area contributed by atoms with E-state index in [0.717, 1.165) is 0 Å². The van der Waals surface area contributed by atoms with Crippen molar-refractivity contribution in [2.24, 2.45) is 0 Å². The average molecular weight is 153 g/mol. The van der Waals surface area contributed by atoms with Gasteiger partial charge in [0, 0.05) is 32.7 Å². The Morgan fingerprint density at radius 1 is 1.25 bits per heavy atom. The first-order valence-corrected chi connectivity index (χ1v) is 1.22. The molecule has 0 aliphatic rings. The standard InChI is InChI=1S/HO2P.Y/c1-3-2;/h3H;. The van der Waals surface area contributed by atoms with Crippen LogP contribution < -0.4 is 0 Å². The summed E-state index contributed by atoms with van der Waals surface area (Å²) in [5.41, 5.74) is 0. The molecule has 0 bridgehead atoms. The van der Waals surface area contributed by atoms with Crippen LogP contribution in [0.4, 0.5) is 0 Å². The molecule has 0 N–H and O–H groups in total. The first kappa shape index (κ1) is 8.89. The van der Waals surface area contributed by atoms with Gasteiger partial charge >= 0.3 is 8.34 Å². The summed E-state index contributed by atoms with van der Waals surface area (Å²) >= 11 is 0. The topological polar surface area (TPSA) is 34.1 Å². The molecule has 0 aliphatic carbocycles. The predicted molar refractivity (Wildman–Crippen MR) is 9.69 cm³/mol. The van der Waals surface area contributed by atoms with E-state index in [1.54, 1.807) is 0 Å². The average Bonchev–Trinajstić information content (AvgIpc) is 0.918. The summed E-state index contributed by atoms with van der Waals surface area (Å²) < 4.78 is 16.8. The van der Waals surface area contributed by atoms with Crippen molar-refractivity contribution in [3.05, 3.63) is 0 Å². The molecular formula is HO2PY. The number of hydrogen-bond donors (Lipinski definition) is 0. The fourth-order valence-corrected chi connectivity index (χ4v) is 0. The van der Waals surface area contributed by atoms with E-state index >= 15 is 0 Å². The zero-order valence-electron chi connectivity index (χ0n) is 1.89. The van der Waals surface area contributed by atoms with E-state index < -0.39 is 8.34 Å². The van der Waals surface area contributed by atoms with Crippen molar-refractivity contribution in [2.75, 3.05) is 0 Å². The molecule has 0 rings (SSSR count). The molecule has 0 spiro atoms. The monoisotopic (exact) mass is 153 g/mol. The summed E-state index contributed by atoms with van der Waals surface area (Å²) in [7, 11) is -1.42. The molecule has 0 saturated carbocycles. The minimum absolute atomic E-state index is 0. The maximum absolute atomic E-state index is 8.40. The van der Waals surface area contributed by atoms with Crippen LogP contribution in [-0.2, 0) is 41.8 Å². The molecule has 0 heterocycles. The van der Waals surface area contributed by atoms with E-state index in [1.165, 1.54) is 0 Å². The van der Waals surface area contributed by atoms with Crippen molar-refractivity contribution in [3.8, 4) is 0 Å². The molecule has 0 aliphatic heterocycles. The molecule has 2 nitrogen and oxygen atoms in total. The second-order valence-electron chi connectivity index (χ2n) is 0.0833. The maximum Gasteiger partial charge on any atom is 0.303 e. The van der Waals surface area contributed by atoms with Gasteiger partial charge in [-0.15, -0.1) is 0 Å². The van der Waals surface area contributed by atoms with Gasteiger partial charge in [-0.3, -0.25) is 0 Å². The van der Waals surface area contributed by atoms with Crippen LogP contribution in [0.25, 0.3) is 0 Å². The van der Waals surface area contributed by atoms with E-state index in [4.69, 9.17) is 9.13 Å². The fraction of sp³-hybridized carbons (Fsp3) is 0. The molecule has 0 unspecified atom stereocenters. The summed E-state index contributed by atoms with van der Waals surface area (Å²) in [5, 5.41) is 0. The van der Waals surface area contributed by atoms with Crippen molar-refractivity contribution in [1.82, 2.24) is 0 Å². The Morgan fingerprint density at radius 2 is 1.25 bits per heavy atom. The van der Waals surface area contributed by atoms with Gasteiger partial charge < -0.3 is 0 Å². The molecule has 4 heavy (non-hydrogen) atoms. The zero-order valence-corrected chi connectivity index (χ0v) is 5.73. The summed E-state index contributed by atoms with van der Waals surface area (Å²) in [6, 6.07) is 0. The summed E-state index contributed by atoms with van der Waals surface area (Å²) in [4.78, 5) is 0. The summed E-state index contributed by atoms with van der Waals surface area (Å²) in [6.45, 7) is 0. The predicted octanol–water partition coefficient (Wildman–Crippen LogP) is 0.353. The minimum atomic E-state index is -1.42. The van der Waals surface area contributed by atoms with Gasteiger partial charge in [0.15, 0.2) is 0 Å². The Labute approximate surface area is 50.1 Å². The fourth-order valence-electron chi connectivity index (χ4n) is 0. The molecule has 0 aromatic heterocycles. The third-order valence-corrected chi connectivity index (χ3v) is 0. The van der Waals surface area contributed by atoms with Gasteiger partial charge in [0.05, 0.1) is 0 Å². The number of rotatable bonds is 0. The van der Waals surface area contributed by atoms with E-state index in [-0.39, 0.29) is 32.7 Å². The van der Waals surface area contributed by atoms with Crippen LogP contribution >= 0.6 is 8.34 Å². The van der Waals surface area contributed by atoms with Crippen molar-refractivity contribution in [3.63, 3.8) is 0 Å². The van der Waals surface area contributed by atoms with Gasteiger partial charge in [-0.1, -0.05) is 0 Å². The van der Waals surface area contributed by atoms with Gasteiger partial charge in [0.2, 0.25) is 0 Å². The Hall–Kier alpha value is 1.00. The summed E-state index contributed by atoms with van der Waals surface area (Å²) in [6.07, 6.45) is 0. The van der Waals surface area contributed by atoms with Crippen LogP contribution in [0.5, 0.6) is 0 Å². The van der Waals surface area contributed by atoms with Gasteiger partial charge in [-0.2, -0.15) is 0 Å². The Bertz CT molecular complexity index is 27.0. The second-order valence-corrected chi connectivity index (χ2v) is 0.250. The zero-order chi connectivity index (χ0) is 2.71. The molecule has 21 valence electrons.